The van der Waals surface area contributed by atoms with Gasteiger partial charge in [-0.25, -0.2) is 0 Å². The number of hydrogen-bond donors (Lipinski definition) is 3. The molecule has 0 aromatic carbocycles. The summed E-state index contributed by atoms with van der Waals surface area (Å²) in [6.45, 7) is 9.62. The Balaban J connectivity index is 1.57. The highest BCUT2D eigenvalue weighted by molar-refractivity contribution is 5.79. The molecule has 0 saturated carbocycles. The van der Waals surface area contributed by atoms with Crippen LogP contribution in [0.5, 0.6) is 0 Å². The van der Waals surface area contributed by atoms with E-state index in [2.05, 4.69) is 27.4 Å². The van der Waals surface area contributed by atoms with E-state index in [9.17, 15) is 5.11 Å². The first-order valence-electron chi connectivity index (χ1n) is 10.0. The van der Waals surface area contributed by atoms with Crippen molar-refractivity contribution in [2.75, 3.05) is 59.6 Å². The molecule has 2 fully saturated rings. The summed E-state index contributed by atoms with van der Waals surface area (Å²) in [5.41, 5.74) is 0.0533. The number of unbranched alkanes of at least 4 members (excludes halogenated alkanes) is 1. The summed E-state index contributed by atoms with van der Waals surface area (Å²) in [5, 5.41) is 16.1. The second kappa shape index (κ2) is 11.0. The van der Waals surface area contributed by atoms with Gasteiger partial charge in [0.25, 0.3) is 0 Å². The van der Waals surface area contributed by atoms with Crippen LogP contribution in [0, 0.1) is 11.3 Å². The summed E-state index contributed by atoms with van der Waals surface area (Å²) < 4.78 is 5.54. The molecule has 0 radical (unpaired) electrons. The van der Waals surface area contributed by atoms with E-state index in [0.717, 1.165) is 57.4 Å². The fourth-order valence-corrected chi connectivity index (χ4v) is 3.76. The number of rotatable bonds is 9. The lowest BCUT2D eigenvalue weighted by Crippen LogP contribution is -2.44. The Kier molecular flexibility index (Phi) is 8.99. The smallest absolute Gasteiger partial charge is 0.190 e. The van der Waals surface area contributed by atoms with Gasteiger partial charge in [-0.05, 0) is 64.1 Å². The predicted octanol–water partition coefficient (Wildman–Crippen LogP) is 1.45. The van der Waals surface area contributed by atoms with Crippen LogP contribution in [0.2, 0.25) is 0 Å². The molecule has 2 aliphatic rings. The Morgan fingerprint density at radius 3 is 2.72 bits per heavy atom. The first kappa shape index (κ1) is 20.5. The fourth-order valence-electron chi connectivity index (χ4n) is 3.76. The van der Waals surface area contributed by atoms with Gasteiger partial charge in [0.05, 0.1) is 6.61 Å². The number of aliphatic imine (C=N–C) groups is 1. The number of piperidine rings is 1. The maximum absolute atomic E-state index is 9.30. The van der Waals surface area contributed by atoms with Gasteiger partial charge in [0, 0.05) is 38.8 Å². The Bertz CT molecular complexity index is 389. The van der Waals surface area contributed by atoms with Gasteiger partial charge in [0.1, 0.15) is 0 Å². The van der Waals surface area contributed by atoms with Crippen molar-refractivity contribution >= 4 is 5.96 Å². The zero-order valence-electron chi connectivity index (χ0n) is 16.2. The standard InChI is InChI=1S/C19H38N4O2/c1-17-5-11-23(12-6-17)10-4-3-9-21-18(20-2)22-15-19(7-13-24)8-14-25-16-19/h17,24H,3-16H2,1-2H3,(H2,20,21,22). The van der Waals surface area contributed by atoms with Gasteiger partial charge in [-0.2, -0.15) is 0 Å². The van der Waals surface area contributed by atoms with Crippen LogP contribution < -0.4 is 10.6 Å². The third-order valence-electron chi connectivity index (χ3n) is 5.75. The number of nitrogens with zero attached hydrogens (tertiary/aromatic N) is 2. The van der Waals surface area contributed by atoms with Crippen molar-refractivity contribution in [3.63, 3.8) is 0 Å². The van der Waals surface area contributed by atoms with Crippen molar-refractivity contribution in [3.05, 3.63) is 0 Å². The van der Waals surface area contributed by atoms with Crippen LogP contribution in [0.4, 0.5) is 0 Å². The van der Waals surface area contributed by atoms with Gasteiger partial charge < -0.3 is 25.4 Å². The molecule has 0 aromatic heterocycles. The highest BCUT2D eigenvalue weighted by Crippen LogP contribution is 2.31. The summed E-state index contributed by atoms with van der Waals surface area (Å²) in [5.74, 6) is 1.77. The third kappa shape index (κ3) is 7.12. The molecule has 0 spiro atoms. The Morgan fingerprint density at radius 2 is 2.08 bits per heavy atom. The highest BCUT2D eigenvalue weighted by atomic mass is 16.5. The molecule has 2 saturated heterocycles. The minimum atomic E-state index is 0.0533. The molecule has 0 amide bonds. The van der Waals surface area contributed by atoms with Crippen LogP contribution >= 0.6 is 0 Å². The quantitative estimate of drug-likeness (QED) is 0.332. The molecule has 2 heterocycles. The topological polar surface area (TPSA) is 69.1 Å². The maximum Gasteiger partial charge on any atom is 0.190 e. The predicted molar refractivity (Wildman–Crippen MR) is 103 cm³/mol. The third-order valence-corrected chi connectivity index (χ3v) is 5.75. The second-order valence-corrected chi connectivity index (χ2v) is 7.86. The Labute approximate surface area is 153 Å². The number of likely N-dealkylation sites (tertiary alicyclic amines) is 1. The molecule has 0 aromatic rings. The Hall–Kier alpha value is -0.850. The van der Waals surface area contributed by atoms with Crippen molar-refractivity contribution < 1.29 is 9.84 Å². The number of aliphatic hydroxyl groups excluding tert-OH is 1. The van der Waals surface area contributed by atoms with E-state index in [-0.39, 0.29) is 12.0 Å². The van der Waals surface area contributed by atoms with Crippen molar-refractivity contribution in [1.29, 1.82) is 0 Å². The SMILES string of the molecule is CN=C(NCCCCN1CCC(C)CC1)NCC1(CCO)CCOC1. The van der Waals surface area contributed by atoms with Crippen molar-refractivity contribution in [3.8, 4) is 0 Å². The van der Waals surface area contributed by atoms with Crippen molar-refractivity contribution in [2.45, 2.75) is 45.4 Å². The van der Waals surface area contributed by atoms with E-state index < -0.39 is 0 Å². The first-order valence-corrected chi connectivity index (χ1v) is 10.0. The largest absolute Gasteiger partial charge is 0.396 e. The Morgan fingerprint density at radius 1 is 1.28 bits per heavy atom. The van der Waals surface area contributed by atoms with E-state index in [4.69, 9.17) is 4.74 Å². The zero-order chi connectivity index (χ0) is 18.0. The van der Waals surface area contributed by atoms with Crippen molar-refractivity contribution in [1.82, 2.24) is 15.5 Å². The summed E-state index contributed by atoms with van der Waals surface area (Å²) >= 11 is 0. The molecule has 146 valence electrons. The molecule has 2 aliphatic heterocycles. The number of aliphatic hydroxyl groups is 1. The van der Waals surface area contributed by atoms with Crippen molar-refractivity contribution in [2.24, 2.45) is 16.3 Å². The fraction of sp³-hybridized carbons (Fsp3) is 0.947. The molecule has 25 heavy (non-hydrogen) atoms. The monoisotopic (exact) mass is 354 g/mol. The number of ether oxygens (including phenoxy) is 1. The van der Waals surface area contributed by atoms with E-state index >= 15 is 0 Å². The van der Waals surface area contributed by atoms with Crippen LogP contribution in [-0.2, 0) is 4.74 Å². The minimum Gasteiger partial charge on any atom is -0.396 e. The molecule has 2 rings (SSSR count). The number of nitrogens with one attached hydrogen (secondary N) is 2. The molecular weight excluding hydrogens is 316 g/mol. The summed E-state index contributed by atoms with van der Waals surface area (Å²) in [6.07, 6.45) is 6.90. The van der Waals surface area contributed by atoms with Gasteiger partial charge >= 0.3 is 0 Å². The van der Waals surface area contributed by atoms with Crippen LogP contribution in [0.1, 0.15) is 45.4 Å². The van der Waals surface area contributed by atoms with E-state index in [1.807, 2.05) is 7.05 Å². The molecule has 6 nitrogen and oxygen atoms in total. The van der Waals surface area contributed by atoms with E-state index in [0.29, 0.717) is 0 Å². The minimum absolute atomic E-state index is 0.0533. The molecule has 3 N–H and O–H groups in total. The summed E-state index contributed by atoms with van der Waals surface area (Å²) in [6, 6.07) is 0. The zero-order valence-corrected chi connectivity index (χ0v) is 16.2. The number of guanidine groups is 1. The van der Waals surface area contributed by atoms with Gasteiger partial charge in [0.2, 0.25) is 0 Å². The van der Waals surface area contributed by atoms with E-state index in [1.54, 1.807) is 0 Å². The van der Waals surface area contributed by atoms with Gasteiger partial charge in [-0.1, -0.05) is 6.92 Å². The van der Waals surface area contributed by atoms with Crippen LogP contribution in [0.15, 0.2) is 4.99 Å². The lowest BCUT2D eigenvalue weighted by atomic mass is 9.84. The highest BCUT2D eigenvalue weighted by Gasteiger charge is 2.34. The number of hydrogen-bond acceptors (Lipinski definition) is 4. The summed E-state index contributed by atoms with van der Waals surface area (Å²) in [7, 11) is 1.81. The lowest BCUT2D eigenvalue weighted by molar-refractivity contribution is 0.127. The molecule has 6 heteroatoms. The van der Waals surface area contributed by atoms with E-state index in [1.165, 1.54) is 38.9 Å². The van der Waals surface area contributed by atoms with Gasteiger partial charge in [-0.3, -0.25) is 4.99 Å². The van der Waals surface area contributed by atoms with Crippen LogP contribution in [0.3, 0.4) is 0 Å². The average Bonchev–Trinajstić information content (AvgIpc) is 3.08. The van der Waals surface area contributed by atoms with Crippen LogP contribution in [0.25, 0.3) is 0 Å². The maximum atomic E-state index is 9.30. The second-order valence-electron chi connectivity index (χ2n) is 7.86. The summed E-state index contributed by atoms with van der Waals surface area (Å²) in [4.78, 5) is 6.92. The molecule has 1 unspecified atom stereocenters. The van der Waals surface area contributed by atoms with Gasteiger partial charge in [-0.15, -0.1) is 0 Å². The van der Waals surface area contributed by atoms with Gasteiger partial charge in [0.15, 0.2) is 5.96 Å². The first-order chi connectivity index (χ1) is 12.2. The van der Waals surface area contributed by atoms with Crippen LogP contribution in [-0.4, -0.2) is 75.6 Å². The average molecular weight is 355 g/mol. The molecule has 0 aliphatic carbocycles. The molecule has 0 bridgehead atoms. The normalized spacial score (nSPS) is 26.1. The molecule has 1 atom stereocenters. The molecular formula is C19H38N4O2. The lowest BCUT2D eigenvalue weighted by Gasteiger charge is -2.30.